The number of benzene rings is 2. The lowest BCUT2D eigenvalue weighted by Crippen LogP contribution is -2.39. The number of fused-ring (bicyclic) bond motifs is 5. The second-order valence-electron chi connectivity index (χ2n) is 8.98. The molecular formula is C30H24ClNO2S. The molecule has 3 nitrogen and oxygen atoms in total. The van der Waals surface area contributed by atoms with Crippen molar-refractivity contribution in [1.29, 1.82) is 0 Å². The zero-order valence-electron chi connectivity index (χ0n) is 19.3. The van der Waals surface area contributed by atoms with Crippen molar-refractivity contribution in [2.45, 2.75) is 18.8 Å². The number of nitrogens with one attached hydrogen (secondary N) is 1. The molecule has 1 N–H and O–H groups in total. The highest BCUT2D eigenvalue weighted by atomic mass is 35.5. The van der Waals surface area contributed by atoms with Gasteiger partial charge in [-0.1, -0.05) is 72.3 Å². The maximum atomic E-state index is 13.7. The average Bonchev–Trinajstić information content (AvgIpc) is 3.08. The number of carbonyl (C=O) groups is 1. The summed E-state index contributed by atoms with van der Waals surface area (Å²) in [5.41, 5.74) is 6.20. The van der Waals surface area contributed by atoms with Crippen molar-refractivity contribution in [2.24, 2.45) is 5.92 Å². The van der Waals surface area contributed by atoms with Gasteiger partial charge < -0.3 is 10.1 Å². The number of Topliss-reactive ketones (excluding diaryl/α,β-unsaturated/α-hetero) is 1. The van der Waals surface area contributed by atoms with Gasteiger partial charge in [0, 0.05) is 29.8 Å². The van der Waals surface area contributed by atoms with E-state index >= 15 is 0 Å². The smallest absolute Gasteiger partial charge is 0.179 e. The molecule has 1 aliphatic heterocycles. The normalized spacial score (nSPS) is 19.7. The number of ketones is 1. The number of thiophene rings is 1. The van der Waals surface area contributed by atoms with Crippen LogP contribution in [0.15, 0.2) is 78.7 Å². The molecule has 0 bridgehead atoms. The first kappa shape index (κ1) is 22.1. The van der Waals surface area contributed by atoms with Gasteiger partial charge in [0.2, 0.25) is 0 Å². The fraction of sp³-hybridized carbons (Fsp3) is 0.167. The molecule has 2 aliphatic carbocycles. The Hall–Kier alpha value is -3.34. The van der Waals surface area contributed by atoms with Crippen LogP contribution in [0.1, 0.15) is 33.1 Å². The Bertz CT molecular complexity index is 1560. The van der Waals surface area contributed by atoms with Crippen molar-refractivity contribution < 1.29 is 9.53 Å². The summed E-state index contributed by atoms with van der Waals surface area (Å²) in [6, 6.07) is 14.8. The lowest BCUT2D eigenvalue weighted by Gasteiger charge is -2.29. The minimum Gasteiger partial charge on any atom is -0.494 e. The lowest BCUT2D eigenvalue weighted by atomic mass is 9.76. The predicted molar refractivity (Wildman–Crippen MR) is 144 cm³/mol. The molecule has 0 fully saturated rings. The van der Waals surface area contributed by atoms with E-state index in [2.05, 4.69) is 59.9 Å². The monoisotopic (exact) mass is 497 g/mol. The minimum atomic E-state index is -0.261. The Morgan fingerprint density at radius 1 is 1.09 bits per heavy atom. The van der Waals surface area contributed by atoms with E-state index in [-0.39, 0.29) is 17.6 Å². The topological polar surface area (TPSA) is 38.3 Å². The molecule has 0 radical (unpaired) electrons. The first-order chi connectivity index (χ1) is 17.1. The molecular weight excluding hydrogens is 474 g/mol. The summed E-state index contributed by atoms with van der Waals surface area (Å²) < 4.78 is 5.84. The Labute approximate surface area is 213 Å². The molecule has 0 spiro atoms. The minimum absolute atomic E-state index is 0.0737. The van der Waals surface area contributed by atoms with Crippen molar-refractivity contribution >= 4 is 40.9 Å². The Balaban J connectivity index is 1.53. The van der Waals surface area contributed by atoms with Gasteiger partial charge in [-0.25, -0.2) is 0 Å². The molecule has 5 heteroatoms. The van der Waals surface area contributed by atoms with E-state index in [1.54, 1.807) is 13.2 Å². The zero-order chi connectivity index (χ0) is 23.9. The van der Waals surface area contributed by atoms with Gasteiger partial charge in [0.15, 0.2) is 5.78 Å². The first-order valence-electron chi connectivity index (χ1n) is 11.7. The van der Waals surface area contributed by atoms with Gasteiger partial charge in [-0.15, -0.1) is 11.3 Å². The summed E-state index contributed by atoms with van der Waals surface area (Å²) in [7, 11) is 1.58. The second kappa shape index (κ2) is 9.03. The van der Waals surface area contributed by atoms with Crippen molar-refractivity contribution in [3.05, 3.63) is 109 Å². The molecule has 0 saturated heterocycles. The molecule has 3 aromatic rings. The third-order valence-corrected chi connectivity index (χ3v) is 8.40. The van der Waals surface area contributed by atoms with Gasteiger partial charge in [-0.2, -0.15) is 0 Å². The number of rotatable bonds is 4. The van der Waals surface area contributed by atoms with Gasteiger partial charge in [-0.05, 0) is 57.7 Å². The van der Waals surface area contributed by atoms with E-state index in [4.69, 9.17) is 16.3 Å². The molecule has 2 unspecified atom stereocenters. The highest BCUT2D eigenvalue weighted by molar-refractivity contribution is 7.18. The second-order valence-corrected chi connectivity index (χ2v) is 10.6. The number of methoxy groups -OCH3 is 1. The summed E-state index contributed by atoms with van der Waals surface area (Å²) in [5, 5.41) is 5.85. The Morgan fingerprint density at radius 3 is 2.83 bits per heavy atom. The van der Waals surface area contributed by atoms with Gasteiger partial charge in [0.05, 0.1) is 12.0 Å². The number of carbonyl (C=O) groups excluding carboxylic acids is 1. The molecule has 6 rings (SSSR count). The van der Waals surface area contributed by atoms with E-state index in [9.17, 15) is 4.79 Å². The average molecular weight is 498 g/mol. The standard InChI is InChI=1S/C30H24ClNO2S/c1-34-27-17-28(35-30(27)31)29(33)19-15-24-22-11-10-18-7-4-5-8-20(18)21(22)12-13-23(24)25(16-19)26-9-3-2-6-14-32-26/h2-9,11-15,17,19,25,32H,10,16H2,1H3. The fourth-order valence-electron chi connectivity index (χ4n) is 5.38. The van der Waals surface area contributed by atoms with E-state index in [1.807, 2.05) is 24.4 Å². The van der Waals surface area contributed by atoms with Gasteiger partial charge in [0.1, 0.15) is 10.1 Å². The number of hydrogen-bond acceptors (Lipinski definition) is 4. The maximum Gasteiger partial charge on any atom is 0.179 e. The highest BCUT2D eigenvalue weighted by Gasteiger charge is 2.32. The summed E-state index contributed by atoms with van der Waals surface area (Å²) in [5.74, 6) is 0.455. The molecule has 0 saturated carbocycles. The van der Waals surface area contributed by atoms with Crippen molar-refractivity contribution in [1.82, 2.24) is 5.32 Å². The number of halogens is 1. The van der Waals surface area contributed by atoms with Crippen LogP contribution in [0.5, 0.6) is 5.75 Å². The fourth-order valence-corrected chi connectivity index (χ4v) is 6.62. The first-order valence-corrected chi connectivity index (χ1v) is 12.9. The number of ether oxygens (including phenoxy) is 1. The Morgan fingerprint density at radius 2 is 1.97 bits per heavy atom. The van der Waals surface area contributed by atoms with Crippen LogP contribution in [0, 0.1) is 5.92 Å². The number of hydrogen-bond donors (Lipinski definition) is 1. The van der Waals surface area contributed by atoms with Crippen LogP contribution in [-0.2, 0) is 6.42 Å². The van der Waals surface area contributed by atoms with E-state index in [0.29, 0.717) is 21.4 Å². The third-order valence-electron chi connectivity index (χ3n) is 7.06. The van der Waals surface area contributed by atoms with Crippen molar-refractivity contribution in [3.8, 4) is 16.9 Å². The molecule has 0 amide bonds. The molecule has 1 aromatic heterocycles. The van der Waals surface area contributed by atoms with Crippen LogP contribution < -0.4 is 20.5 Å². The van der Waals surface area contributed by atoms with Crippen molar-refractivity contribution in [2.75, 3.05) is 7.11 Å². The molecule has 2 aromatic carbocycles. The van der Waals surface area contributed by atoms with E-state index in [1.165, 1.54) is 44.0 Å². The SMILES string of the molecule is COc1cc(C(=O)C2C=c3c(ccc4c3=CCc3ccccc3-4)C(C3=CC=CC=CN3)C2)sc1Cl. The summed E-state index contributed by atoms with van der Waals surface area (Å²) in [6.07, 6.45) is 16.2. The predicted octanol–water partition coefficient (Wildman–Crippen LogP) is 5.74. The van der Waals surface area contributed by atoms with Crippen LogP contribution in [0.3, 0.4) is 0 Å². The van der Waals surface area contributed by atoms with Gasteiger partial charge in [-0.3, -0.25) is 4.79 Å². The summed E-state index contributed by atoms with van der Waals surface area (Å²) >= 11 is 7.60. The largest absolute Gasteiger partial charge is 0.494 e. The van der Waals surface area contributed by atoms with E-state index in [0.717, 1.165) is 12.1 Å². The molecule has 2 heterocycles. The number of allylic oxidation sites excluding steroid dienone is 5. The van der Waals surface area contributed by atoms with Crippen LogP contribution in [0.25, 0.3) is 23.3 Å². The lowest BCUT2D eigenvalue weighted by molar-refractivity contribution is 0.0947. The molecule has 3 aliphatic rings. The van der Waals surface area contributed by atoms with Crippen molar-refractivity contribution in [3.63, 3.8) is 0 Å². The van der Waals surface area contributed by atoms with E-state index < -0.39 is 0 Å². The molecule has 174 valence electrons. The van der Waals surface area contributed by atoms with Gasteiger partial charge >= 0.3 is 0 Å². The third kappa shape index (κ3) is 3.87. The summed E-state index contributed by atoms with van der Waals surface area (Å²) in [4.78, 5) is 14.4. The van der Waals surface area contributed by atoms with Crippen LogP contribution in [0.4, 0.5) is 0 Å². The highest BCUT2D eigenvalue weighted by Crippen LogP contribution is 2.39. The maximum absolute atomic E-state index is 13.7. The molecule has 2 atom stereocenters. The Kier molecular flexibility index (Phi) is 5.71. The van der Waals surface area contributed by atoms with Gasteiger partial charge in [0.25, 0.3) is 0 Å². The summed E-state index contributed by atoms with van der Waals surface area (Å²) in [6.45, 7) is 0. The van der Waals surface area contributed by atoms with Crippen LogP contribution in [0.2, 0.25) is 4.34 Å². The molecule has 35 heavy (non-hydrogen) atoms. The van der Waals surface area contributed by atoms with Crippen LogP contribution >= 0.6 is 22.9 Å². The quantitative estimate of drug-likeness (QED) is 0.467. The zero-order valence-corrected chi connectivity index (χ0v) is 20.8. The van der Waals surface area contributed by atoms with Crippen LogP contribution in [-0.4, -0.2) is 12.9 Å².